The maximum Gasteiger partial charge on any atom is 0.244 e. The minimum atomic E-state index is -0.686. The molecule has 0 saturated heterocycles. The highest BCUT2D eigenvalue weighted by Gasteiger charge is 2.12. The number of amides is 1. The minimum Gasteiger partial charge on any atom is -0.319 e. The van der Waals surface area contributed by atoms with Crippen LogP contribution in [0, 0.1) is 12.3 Å². The van der Waals surface area contributed by atoms with Gasteiger partial charge in [0.1, 0.15) is 5.51 Å². The number of rotatable bonds is 3. The fraction of sp³-hybridized carbons (Fsp3) is 0.286. The molecule has 1 aromatic rings. The summed E-state index contributed by atoms with van der Waals surface area (Å²) in [6.45, 7) is 0. The Morgan fingerprint density at radius 1 is 1.92 bits per heavy atom. The first-order chi connectivity index (χ1) is 6.24. The lowest BCUT2D eigenvalue weighted by Gasteiger charge is -2.05. The Hall–Kier alpha value is -1.45. The second-order valence-corrected chi connectivity index (χ2v) is 3.08. The topological polar surface area (TPSA) is 80.9 Å². The normalized spacial score (nSPS) is 11.7. The van der Waals surface area contributed by atoms with Crippen LogP contribution in [0.25, 0.3) is 0 Å². The Morgan fingerprint density at radius 3 is 3.23 bits per heavy atom. The summed E-state index contributed by atoms with van der Waals surface area (Å²) in [4.78, 5) is 11.2. The van der Waals surface area contributed by atoms with Crippen molar-refractivity contribution < 1.29 is 4.79 Å². The molecule has 13 heavy (non-hydrogen) atoms. The lowest BCUT2D eigenvalue weighted by Crippen LogP contribution is -2.35. The zero-order valence-electron chi connectivity index (χ0n) is 6.73. The summed E-state index contributed by atoms with van der Waals surface area (Å²) >= 11 is 1.23. The zero-order valence-corrected chi connectivity index (χ0v) is 7.54. The molecule has 0 saturated carbocycles. The first-order valence-electron chi connectivity index (χ1n) is 3.50. The lowest BCUT2D eigenvalue weighted by molar-refractivity contribution is -0.117. The van der Waals surface area contributed by atoms with Gasteiger partial charge in [0, 0.05) is 6.42 Å². The third-order valence-corrected chi connectivity index (χ3v) is 1.87. The van der Waals surface area contributed by atoms with Gasteiger partial charge in [-0.05, 0) is 0 Å². The number of hydrogen-bond donors (Lipinski definition) is 2. The third kappa shape index (κ3) is 2.82. The number of anilines is 1. The third-order valence-electron chi connectivity index (χ3n) is 1.26. The summed E-state index contributed by atoms with van der Waals surface area (Å²) in [6, 6.07) is -0.686. The van der Waals surface area contributed by atoms with E-state index in [2.05, 4.69) is 21.4 Å². The number of terminal acetylenes is 1. The Labute approximate surface area is 79.4 Å². The van der Waals surface area contributed by atoms with Gasteiger partial charge >= 0.3 is 0 Å². The van der Waals surface area contributed by atoms with E-state index in [-0.39, 0.29) is 12.3 Å². The highest BCUT2D eigenvalue weighted by atomic mass is 32.1. The molecule has 3 N–H and O–H groups in total. The molecular formula is C7H8N4OS. The Bertz CT molecular complexity index is 316. The van der Waals surface area contributed by atoms with Crippen molar-refractivity contribution in [3.63, 3.8) is 0 Å². The number of aromatic nitrogens is 2. The molecule has 0 bridgehead atoms. The quantitative estimate of drug-likeness (QED) is 0.657. The molecule has 5 nitrogen and oxygen atoms in total. The van der Waals surface area contributed by atoms with Crippen LogP contribution in [-0.4, -0.2) is 22.1 Å². The van der Waals surface area contributed by atoms with E-state index in [0.29, 0.717) is 5.13 Å². The van der Waals surface area contributed by atoms with E-state index >= 15 is 0 Å². The predicted octanol–water partition coefficient (Wildman–Crippen LogP) is -0.173. The van der Waals surface area contributed by atoms with E-state index in [9.17, 15) is 4.79 Å². The van der Waals surface area contributed by atoms with Gasteiger partial charge in [0.05, 0.1) is 6.04 Å². The Balaban J connectivity index is 2.47. The molecule has 68 valence electrons. The van der Waals surface area contributed by atoms with Crippen molar-refractivity contribution in [2.45, 2.75) is 12.5 Å². The molecule has 1 heterocycles. The molecular weight excluding hydrogens is 188 g/mol. The van der Waals surface area contributed by atoms with Gasteiger partial charge in [-0.25, -0.2) is 0 Å². The van der Waals surface area contributed by atoms with Crippen LogP contribution >= 0.6 is 11.3 Å². The molecule has 0 spiro atoms. The fourth-order valence-corrected chi connectivity index (χ4v) is 1.09. The van der Waals surface area contributed by atoms with Gasteiger partial charge in [-0.1, -0.05) is 11.3 Å². The maximum absolute atomic E-state index is 11.2. The largest absolute Gasteiger partial charge is 0.319 e. The number of nitrogens with one attached hydrogen (secondary N) is 1. The second kappa shape index (κ2) is 4.54. The highest BCUT2D eigenvalue weighted by Crippen LogP contribution is 2.08. The molecule has 6 heteroatoms. The van der Waals surface area contributed by atoms with E-state index in [4.69, 9.17) is 12.2 Å². The summed E-state index contributed by atoms with van der Waals surface area (Å²) in [5.41, 5.74) is 6.96. The van der Waals surface area contributed by atoms with Crippen LogP contribution in [0.5, 0.6) is 0 Å². The van der Waals surface area contributed by atoms with Crippen LogP contribution in [0.4, 0.5) is 5.13 Å². The summed E-state index contributed by atoms with van der Waals surface area (Å²) in [6.07, 6.45) is 5.22. The highest BCUT2D eigenvalue weighted by molar-refractivity contribution is 7.13. The van der Waals surface area contributed by atoms with Gasteiger partial charge in [0.2, 0.25) is 11.0 Å². The van der Waals surface area contributed by atoms with Crippen molar-refractivity contribution in [2.75, 3.05) is 5.32 Å². The van der Waals surface area contributed by atoms with Crippen molar-refractivity contribution in [1.82, 2.24) is 10.2 Å². The number of nitrogens with two attached hydrogens (primary N) is 1. The van der Waals surface area contributed by atoms with Crippen molar-refractivity contribution in [2.24, 2.45) is 5.73 Å². The Kier molecular flexibility index (Phi) is 3.37. The molecule has 0 aliphatic rings. The fourth-order valence-electron chi connectivity index (χ4n) is 0.645. The van der Waals surface area contributed by atoms with E-state index in [1.54, 1.807) is 0 Å². The van der Waals surface area contributed by atoms with E-state index < -0.39 is 6.04 Å². The monoisotopic (exact) mass is 196 g/mol. The van der Waals surface area contributed by atoms with Crippen LogP contribution in [0.3, 0.4) is 0 Å². The average molecular weight is 196 g/mol. The van der Waals surface area contributed by atoms with Gasteiger partial charge in [0.15, 0.2) is 0 Å². The van der Waals surface area contributed by atoms with Gasteiger partial charge in [0.25, 0.3) is 0 Å². The molecule has 1 rings (SSSR count). The van der Waals surface area contributed by atoms with Crippen molar-refractivity contribution >= 4 is 22.4 Å². The first-order valence-corrected chi connectivity index (χ1v) is 4.38. The van der Waals surface area contributed by atoms with Gasteiger partial charge in [-0.15, -0.1) is 22.5 Å². The SMILES string of the molecule is C#CCC(N)C(=O)Nc1nncs1. The molecule has 1 amide bonds. The number of carbonyl (C=O) groups is 1. The number of hydrogen-bond acceptors (Lipinski definition) is 5. The minimum absolute atomic E-state index is 0.213. The molecule has 1 unspecified atom stereocenters. The van der Waals surface area contributed by atoms with Crippen LogP contribution < -0.4 is 11.1 Å². The molecule has 0 aromatic carbocycles. The van der Waals surface area contributed by atoms with Gasteiger partial charge in [-0.2, -0.15) is 0 Å². The molecule has 0 aliphatic heterocycles. The average Bonchev–Trinajstić information content (AvgIpc) is 2.57. The Morgan fingerprint density at radius 2 is 2.69 bits per heavy atom. The summed E-state index contributed by atoms with van der Waals surface area (Å²) < 4.78 is 0. The molecule has 0 radical (unpaired) electrons. The first kappa shape index (κ1) is 9.64. The summed E-state index contributed by atoms with van der Waals surface area (Å²) in [5, 5.41) is 10.1. The van der Waals surface area contributed by atoms with Crippen LogP contribution in [0.2, 0.25) is 0 Å². The number of carbonyl (C=O) groups excluding carboxylic acids is 1. The van der Waals surface area contributed by atoms with Crippen molar-refractivity contribution in [1.29, 1.82) is 0 Å². The lowest BCUT2D eigenvalue weighted by atomic mass is 10.2. The van der Waals surface area contributed by atoms with Gasteiger partial charge < -0.3 is 5.73 Å². The maximum atomic E-state index is 11.2. The molecule has 1 atom stereocenters. The predicted molar refractivity (Wildman–Crippen MR) is 50.0 cm³/mol. The zero-order chi connectivity index (χ0) is 9.68. The smallest absolute Gasteiger partial charge is 0.244 e. The second-order valence-electron chi connectivity index (χ2n) is 2.25. The molecule has 1 aromatic heterocycles. The van der Waals surface area contributed by atoms with E-state index in [0.717, 1.165) is 0 Å². The van der Waals surface area contributed by atoms with Crippen LogP contribution in [0.1, 0.15) is 6.42 Å². The van der Waals surface area contributed by atoms with Crippen LogP contribution in [0.15, 0.2) is 5.51 Å². The standard InChI is InChI=1S/C7H8N4OS/c1-2-3-5(8)6(12)10-7-11-9-4-13-7/h1,4-5H,3,8H2,(H,10,11,12). The summed E-state index contributed by atoms with van der Waals surface area (Å²) in [7, 11) is 0. The number of nitrogens with zero attached hydrogens (tertiary/aromatic N) is 2. The van der Waals surface area contributed by atoms with E-state index in [1.807, 2.05) is 0 Å². The molecule has 0 aliphatic carbocycles. The van der Waals surface area contributed by atoms with Crippen molar-refractivity contribution in [3.05, 3.63) is 5.51 Å². The summed E-state index contributed by atoms with van der Waals surface area (Å²) in [5.74, 6) is 1.97. The molecule has 0 fully saturated rings. The van der Waals surface area contributed by atoms with Gasteiger partial charge in [-0.3, -0.25) is 10.1 Å². The van der Waals surface area contributed by atoms with E-state index in [1.165, 1.54) is 16.8 Å². The van der Waals surface area contributed by atoms with Crippen LogP contribution in [-0.2, 0) is 4.79 Å². The van der Waals surface area contributed by atoms with Crippen molar-refractivity contribution in [3.8, 4) is 12.3 Å².